The molecular weight excluding hydrogens is 592 g/mol. The third kappa shape index (κ3) is 6.67. The van der Waals surface area contributed by atoms with Gasteiger partial charge in [-0.2, -0.15) is 4.37 Å². The molecule has 1 N–H and O–H groups in total. The van der Waals surface area contributed by atoms with Gasteiger partial charge in [0.25, 0.3) is 10.0 Å². The number of nitrogens with one attached hydrogen (secondary N) is 1. The minimum absolute atomic E-state index is 0.0827. The molecule has 11 nitrogen and oxygen atoms in total. The number of carbonyl (C=O) groups excluding carboxylic acids is 1. The summed E-state index contributed by atoms with van der Waals surface area (Å²) in [5.41, 5.74) is -0.263. The lowest BCUT2D eigenvalue weighted by Crippen LogP contribution is -2.36. The third-order valence-electron chi connectivity index (χ3n) is 6.54. The average molecular weight is 626 g/mol. The van der Waals surface area contributed by atoms with Crippen LogP contribution in [-0.4, -0.2) is 67.7 Å². The van der Waals surface area contributed by atoms with E-state index in [-0.39, 0.29) is 35.5 Å². The quantitative estimate of drug-likeness (QED) is 0.352. The van der Waals surface area contributed by atoms with Gasteiger partial charge in [0, 0.05) is 53.5 Å². The van der Waals surface area contributed by atoms with E-state index in [1.54, 1.807) is 39.0 Å². The molecule has 1 fully saturated rings. The van der Waals surface area contributed by atoms with E-state index in [2.05, 4.69) is 14.7 Å². The summed E-state index contributed by atoms with van der Waals surface area (Å²) in [6.45, 7) is 6.97. The summed E-state index contributed by atoms with van der Waals surface area (Å²) in [7, 11) is -1.94. The van der Waals surface area contributed by atoms with Gasteiger partial charge in [-0.3, -0.25) is 0 Å². The first-order chi connectivity index (χ1) is 19.7. The lowest BCUT2D eigenvalue weighted by molar-refractivity contribution is 0.0293. The van der Waals surface area contributed by atoms with Crippen molar-refractivity contribution in [1.29, 1.82) is 0 Å². The van der Waals surface area contributed by atoms with E-state index in [4.69, 9.17) is 14.2 Å². The Morgan fingerprint density at radius 2 is 1.95 bits per heavy atom. The summed E-state index contributed by atoms with van der Waals surface area (Å²) in [5.74, 6) is -1.73. The number of halogens is 2. The summed E-state index contributed by atoms with van der Waals surface area (Å²) in [6.07, 6.45) is 1.19. The Labute approximate surface area is 247 Å². The normalized spacial score (nSPS) is 15.4. The molecule has 15 heteroatoms. The third-order valence-corrected chi connectivity index (χ3v) is 9.12. The molecule has 1 aromatic heterocycles. The van der Waals surface area contributed by atoms with Crippen LogP contribution < -0.4 is 19.1 Å². The molecule has 0 bridgehead atoms. The van der Waals surface area contributed by atoms with Gasteiger partial charge in [-0.1, -0.05) is 0 Å². The molecule has 4 rings (SSSR count). The highest BCUT2D eigenvalue weighted by molar-refractivity contribution is 7.93. The number of methoxy groups -OCH3 is 2. The first-order valence-electron chi connectivity index (χ1n) is 13.0. The maximum atomic E-state index is 15.8. The summed E-state index contributed by atoms with van der Waals surface area (Å²) in [6, 6.07) is 5.40. The summed E-state index contributed by atoms with van der Waals surface area (Å²) in [4.78, 5) is 16.8. The molecule has 0 unspecified atom stereocenters. The van der Waals surface area contributed by atoms with Crippen molar-refractivity contribution < 1.29 is 36.2 Å². The molecule has 0 spiro atoms. The number of aromatic nitrogens is 2. The van der Waals surface area contributed by atoms with Gasteiger partial charge < -0.3 is 24.4 Å². The molecule has 3 aromatic rings. The fourth-order valence-corrected chi connectivity index (χ4v) is 6.75. The van der Waals surface area contributed by atoms with Crippen molar-refractivity contribution in [3.8, 4) is 11.5 Å². The Kier molecular flexibility index (Phi) is 9.11. The van der Waals surface area contributed by atoms with Crippen LogP contribution >= 0.6 is 11.5 Å². The molecule has 1 aliphatic heterocycles. The number of hydrogen-bond acceptors (Lipinski definition) is 10. The summed E-state index contributed by atoms with van der Waals surface area (Å²) < 4.78 is 79.8. The zero-order valence-electron chi connectivity index (χ0n) is 24.1. The van der Waals surface area contributed by atoms with Crippen LogP contribution in [0.2, 0.25) is 0 Å². The Balaban J connectivity index is 1.64. The van der Waals surface area contributed by atoms with Crippen molar-refractivity contribution in [2.24, 2.45) is 0 Å². The van der Waals surface area contributed by atoms with Gasteiger partial charge >= 0.3 is 6.09 Å². The molecule has 1 saturated heterocycles. The maximum absolute atomic E-state index is 15.8. The van der Waals surface area contributed by atoms with E-state index in [1.165, 1.54) is 26.0 Å². The Morgan fingerprint density at radius 3 is 2.57 bits per heavy atom. The van der Waals surface area contributed by atoms with E-state index in [0.717, 1.165) is 28.2 Å². The number of carbonyl (C=O) groups is 1. The molecule has 228 valence electrons. The fraction of sp³-hybridized carbons (Fsp3) is 0.444. The summed E-state index contributed by atoms with van der Waals surface area (Å²) in [5, 5.41) is 2.97. The smallest absolute Gasteiger partial charge is 0.410 e. The molecule has 1 atom stereocenters. The molecule has 1 aliphatic rings. The highest BCUT2D eigenvalue weighted by atomic mass is 32.2. The lowest BCUT2D eigenvalue weighted by Gasteiger charge is -2.25. The molecule has 2 aromatic carbocycles. The fourth-order valence-electron chi connectivity index (χ4n) is 4.45. The second kappa shape index (κ2) is 12.3. The second-order valence-corrected chi connectivity index (χ2v) is 13.2. The van der Waals surface area contributed by atoms with Gasteiger partial charge in [-0.05, 0) is 52.3 Å². The predicted octanol–water partition coefficient (Wildman–Crippen LogP) is 4.96. The van der Waals surface area contributed by atoms with E-state index < -0.39 is 38.2 Å². The van der Waals surface area contributed by atoms with Gasteiger partial charge in [0.1, 0.15) is 29.2 Å². The van der Waals surface area contributed by atoms with Crippen molar-refractivity contribution >= 4 is 38.5 Å². The van der Waals surface area contributed by atoms with Crippen LogP contribution in [-0.2, 0) is 21.3 Å². The minimum Gasteiger partial charge on any atom is -0.497 e. The van der Waals surface area contributed by atoms with Gasteiger partial charge in [-0.15, -0.1) is 0 Å². The van der Waals surface area contributed by atoms with Crippen molar-refractivity contribution in [3.63, 3.8) is 0 Å². The molecule has 2 heterocycles. The standard InChI is InChI=1S/C27H33F2N5O6S2/c1-16-21(32-18-9-10-33(14-18)26(35)40-27(2,3)4)12-20(28)24(23(16)29)42(36,37)34(25-30-15-31-41-25)13-17-7-8-19(38-5)11-22(17)39-6/h7-8,11-12,15,18,32H,9-10,13-14H2,1-6H3/t18-/m0/s1. The van der Waals surface area contributed by atoms with E-state index >= 15 is 8.78 Å². The average Bonchev–Trinajstić information content (AvgIpc) is 3.62. The second-order valence-electron chi connectivity index (χ2n) is 10.6. The first kappa shape index (κ1) is 31.2. The maximum Gasteiger partial charge on any atom is 0.410 e. The number of amides is 1. The molecule has 1 amide bonds. The van der Waals surface area contributed by atoms with Crippen molar-refractivity contribution in [2.75, 3.05) is 36.9 Å². The topological polar surface area (TPSA) is 123 Å². The van der Waals surface area contributed by atoms with E-state index in [0.29, 0.717) is 30.0 Å². The number of ether oxygens (including phenoxy) is 3. The number of benzene rings is 2. The molecule has 0 aliphatic carbocycles. The van der Waals surface area contributed by atoms with Crippen LogP contribution in [0.3, 0.4) is 0 Å². The zero-order chi connectivity index (χ0) is 30.8. The monoisotopic (exact) mass is 625 g/mol. The zero-order valence-corrected chi connectivity index (χ0v) is 25.7. The van der Waals surface area contributed by atoms with Gasteiger partial charge in [0.15, 0.2) is 10.7 Å². The van der Waals surface area contributed by atoms with E-state index in [9.17, 15) is 13.2 Å². The molecule has 0 saturated carbocycles. The van der Waals surface area contributed by atoms with Crippen LogP contribution in [0.15, 0.2) is 35.5 Å². The van der Waals surface area contributed by atoms with Gasteiger partial charge in [0.2, 0.25) is 5.13 Å². The SMILES string of the molecule is COc1ccc(CN(c2ncns2)S(=O)(=O)c2c(F)cc(N[C@H]3CCN(C(=O)OC(C)(C)C)C3)c(C)c2F)c(OC)c1. The summed E-state index contributed by atoms with van der Waals surface area (Å²) >= 11 is 0.759. The predicted molar refractivity (Wildman–Crippen MR) is 154 cm³/mol. The van der Waals surface area contributed by atoms with Crippen molar-refractivity contribution in [3.05, 3.63) is 53.4 Å². The van der Waals surface area contributed by atoms with E-state index in [1.807, 2.05) is 0 Å². The Bertz CT molecular complexity index is 1550. The number of likely N-dealkylation sites (tertiary alicyclic amines) is 1. The van der Waals surface area contributed by atoms with Crippen LogP contribution in [0.25, 0.3) is 0 Å². The van der Waals surface area contributed by atoms with Crippen LogP contribution in [0.1, 0.15) is 38.3 Å². The van der Waals surface area contributed by atoms with Gasteiger partial charge in [0.05, 0.1) is 20.8 Å². The van der Waals surface area contributed by atoms with Crippen LogP contribution in [0.5, 0.6) is 11.5 Å². The molecular formula is C27H33F2N5O6S2. The lowest BCUT2D eigenvalue weighted by atomic mass is 10.1. The van der Waals surface area contributed by atoms with Crippen molar-refractivity contribution in [2.45, 2.75) is 57.2 Å². The molecule has 42 heavy (non-hydrogen) atoms. The Hall–Kier alpha value is -3.72. The number of sulfonamides is 1. The van der Waals surface area contributed by atoms with Crippen LogP contribution in [0.4, 0.5) is 24.4 Å². The number of rotatable bonds is 9. The van der Waals surface area contributed by atoms with Gasteiger partial charge in [-0.25, -0.2) is 31.3 Å². The first-order valence-corrected chi connectivity index (χ1v) is 15.2. The number of nitrogens with zero attached hydrogens (tertiary/aromatic N) is 4. The van der Waals surface area contributed by atoms with Crippen LogP contribution in [0, 0.1) is 18.6 Å². The number of hydrogen-bond donors (Lipinski definition) is 1. The largest absolute Gasteiger partial charge is 0.497 e. The number of anilines is 2. The molecule has 0 radical (unpaired) electrons. The Morgan fingerprint density at radius 1 is 1.21 bits per heavy atom. The minimum atomic E-state index is -4.82. The highest BCUT2D eigenvalue weighted by Gasteiger charge is 2.36. The highest BCUT2D eigenvalue weighted by Crippen LogP contribution is 2.36. The van der Waals surface area contributed by atoms with Crippen molar-refractivity contribution in [1.82, 2.24) is 14.3 Å².